The molecule has 4 aromatic rings. The average molecular weight is 417 g/mol. The molecule has 0 aliphatic rings. The molecule has 0 bridgehead atoms. The minimum absolute atomic E-state index is 0.566. The van der Waals surface area contributed by atoms with Crippen molar-refractivity contribution in [2.45, 2.75) is 39.5 Å². The number of hydrogen-bond donors (Lipinski definition) is 0. The van der Waals surface area contributed by atoms with Crippen LogP contribution >= 0.6 is 0 Å². The fourth-order valence-electron chi connectivity index (χ4n) is 3.89. The molecular weight excluding hydrogens is 384 g/mol. The molecule has 4 aromatic carbocycles. The topological polar surface area (TPSA) is 0 Å². The molecule has 0 unspecified atom stereocenters. The van der Waals surface area contributed by atoms with E-state index in [2.05, 4.69) is 137 Å². The van der Waals surface area contributed by atoms with Crippen LogP contribution < -0.4 is 0 Å². The van der Waals surface area contributed by atoms with Gasteiger partial charge >= 0.3 is 0 Å². The SMILES string of the molecule is CC(C)c1ccc(-c2ccc(C=Cc3ccc(-c4ccc(C(C)C)cc4)cc3)cc2)cc1. The Bertz CT molecular complexity index is 1060. The first-order valence-corrected chi connectivity index (χ1v) is 11.6. The predicted octanol–water partition coefficient (Wildman–Crippen LogP) is 9.44. The summed E-state index contributed by atoms with van der Waals surface area (Å²) in [6.07, 6.45) is 4.36. The summed E-state index contributed by atoms with van der Waals surface area (Å²) in [6, 6.07) is 35.4. The molecule has 0 amide bonds. The van der Waals surface area contributed by atoms with Gasteiger partial charge in [0.1, 0.15) is 0 Å². The summed E-state index contributed by atoms with van der Waals surface area (Å²) in [5.74, 6) is 1.13. The van der Waals surface area contributed by atoms with E-state index in [0.717, 1.165) is 0 Å². The second-order valence-electron chi connectivity index (χ2n) is 9.13. The maximum atomic E-state index is 2.23. The monoisotopic (exact) mass is 416 g/mol. The Morgan fingerprint density at radius 1 is 0.375 bits per heavy atom. The van der Waals surface area contributed by atoms with Crippen LogP contribution in [0.4, 0.5) is 0 Å². The lowest BCUT2D eigenvalue weighted by Crippen LogP contribution is -1.87. The van der Waals surface area contributed by atoms with E-state index < -0.39 is 0 Å². The summed E-state index contributed by atoms with van der Waals surface area (Å²) in [4.78, 5) is 0. The molecule has 0 N–H and O–H groups in total. The van der Waals surface area contributed by atoms with Gasteiger partial charge in [-0.25, -0.2) is 0 Å². The molecule has 0 heterocycles. The van der Waals surface area contributed by atoms with Crippen molar-refractivity contribution in [3.8, 4) is 22.3 Å². The van der Waals surface area contributed by atoms with E-state index in [1.54, 1.807) is 0 Å². The van der Waals surface area contributed by atoms with E-state index in [0.29, 0.717) is 11.8 Å². The molecule has 4 rings (SSSR count). The second kappa shape index (κ2) is 9.83. The Morgan fingerprint density at radius 3 is 0.875 bits per heavy atom. The Kier molecular flexibility index (Phi) is 6.71. The highest BCUT2D eigenvalue weighted by Gasteiger charge is 2.02. The van der Waals surface area contributed by atoms with E-state index in [1.165, 1.54) is 44.5 Å². The van der Waals surface area contributed by atoms with Crippen molar-refractivity contribution < 1.29 is 0 Å². The van der Waals surface area contributed by atoms with Crippen molar-refractivity contribution in [1.29, 1.82) is 0 Å². The Balaban J connectivity index is 1.42. The van der Waals surface area contributed by atoms with Crippen molar-refractivity contribution in [1.82, 2.24) is 0 Å². The zero-order valence-electron chi connectivity index (χ0n) is 19.5. The maximum absolute atomic E-state index is 2.23. The molecule has 160 valence electrons. The van der Waals surface area contributed by atoms with Gasteiger partial charge in [0.2, 0.25) is 0 Å². The van der Waals surface area contributed by atoms with E-state index in [1.807, 2.05) is 0 Å². The zero-order chi connectivity index (χ0) is 22.5. The fourth-order valence-corrected chi connectivity index (χ4v) is 3.89. The van der Waals surface area contributed by atoms with Crippen molar-refractivity contribution in [3.05, 3.63) is 119 Å². The summed E-state index contributed by atoms with van der Waals surface area (Å²) in [7, 11) is 0. The summed E-state index contributed by atoms with van der Waals surface area (Å²) in [6.45, 7) is 8.92. The van der Waals surface area contributed by atoms with E-state index in [9.17, 15) is 0 Å². The van der Waals surface area contributed by atoms with Crippen LogP contribution in [0.15, 0.2) is 97.1 Å². The van der Waals surface area contributed by atoms with Crippen molar-refractivity contribution in [3.63, 3.8) is 0 Å². The first-order chi connectivity index (χ1) is 15.5. The molecule has 0 nitrogen and oxygen atoms in total. The largest absolute Gasteiger partial charge is 0.0587 e. The fraction of sp³-hybridized carbons (Fsp3) is 0.188. The molecule has 0 fully saturated rings. The average Bonchev–Trinajstić information content (AvgIpc) is 2.83. The van der Waals surface area contributed by atoms with Crippen molar-refractivity contribution in [2.75, 3.05) is 0 Å². The summed E-state index contributed by atoms with van der Waals surface area (Å²) >= 11 is 0. The van der Waals surface area contributed by atoms with Gasteiger partial charge in [-0.2, -0.15) is 0 Å². The van der Waals surface area contributed by atoms with Gasteiger partial charge in [0, 0.05) is 0 Å². The predicted molar refractivity (Wildman–Crippen MR) is 141 cm³/mol. The van der Waals surface area contributed by atoms with Gasteiger partial charge in [-0.3, -0.25) is 0 Å². The molecule has 0 saturated heterocycles. The molecule has 0 saturated carbocycles. The van der Waals surface area contributed by atoms with Gasteiger partial charge in [-0.1, -0.05) is 137 Å². The van der Waals surface area contributed by atoms with Crippen LogP contribution in [0.25, 0.3) is 34.4 Å². The van der Waals surface area contributed by atoms with Crippen LogP contribution in [0.3, 0.4) is 0 Å². The van der Waals surface area contributed by atoms with Crippen LogP contribution in [0, 0.1) is 0 Å². The van der Waals surface area contributed by atoms with Crippen LogP contribution in [-0.2, 0) is 0 Å². The number of hydrogen-bond acceptors (Lipinski definition) is 0. The maximum Gasteiger partial charge on any atom is -0.0184 e. The summed E-state index contributed by atoms with van der Waals surface area (Å²) in [5, 5.41) is 0. The van der Waals surface area contributed by atoms with Gasteiger partial charge in [-0.05, 0) is 56.3 Å². The van der Waals surface area contributed by atoms with Gasteiger partial charge in [-0.15, -0.1) is 0 Å². The van der Waals surface area contributed by atoms with Crippen LogP contribution in [0.1, 0.15) is 61.8 Å². The van der Waals surface area contributed by atoms with Gasteiger partial charge in [0.25, 0.3) is 0 Å². The Hall–Kier alpha value is -3.38. The lowest BCUT2D eigenvalue weighted by Gasteiger charge is -2.08. The first-order valence-electron chi connectivity index (χ1n) is 11.6. The highest BCUT2D eigenvalue weighted by Crippen LogP contribution is 2.25. The van der Waals surface area contributed by atoms with Crippen LogP contribution in [-0.4, -0.2) is 0 Å². The third kappa shape index (κ3) is 5.26. The third-order valence-electron chi connectivity index (χ3n) is 6.11. The molecule has 0 spiro atoms. The quantitative estimate of drug-likeness (QED) is 0.275. The minimum Gasteiger partial charge on any atom is -0.0587 e. The van der Waals surface area contributed by atoms with E-state index >= 15 is 0 Å². The lowest BCUT2D eigenvalue weighted by molar-refractivity contribution is 0.867. The number of rotatable bonds is 6. The van der Waals surface area contributed by atoms with E-state index in [4.69, 9.17) is 0 Å². The normalized spacial score (nSPS) is 11.6. The molecule has 0 aliphatic carbocycles. The first kappa shape index (κ1) is 21.8. The number of benzene rings is 4. The zero-order valence-corrected chi connectivity index (χ0v) is 19.5. The molecule has 0 aromatic heterocycles. The Morgan fingerprint density at radius 2 is 0.625 bits per heavy atom. The molecule has 32 heavy (non-hydrogen) atoms. The molecule has 0 heteroatoms. The van der Waals surface area contributed by atoms with E-state index in [-0.39, 0.29) is 0 Å². The lowest BCUT2D eigenvalue weighted by atomic mass is 9.98. The van der Waals surface area contributed by atoms with Crippen molar-refractivity contribution in [2.24, 2.45) is 0 Å². The molecular formula is C32H32. The van der Waals surface area contributed by atoms with Crippen molar-refractivity contribution >= 4 is 12.2 Å². The minimum atomic E-state index is 0.566. The van der Waals surface area contributed by atoms with Gasteiger partial charge in [0.15, 0.2) is 0 Å². The van der Waals surface area contributed by atoms with Gasteiger partial charge < -0.3 is 0 Å². The summed E-state index contributed by atoms with van der Waals surface area (Å²) in [5.41, 5.74) is 10.2. The third-order valence-corrected chi connectivity index (χ3v) is 6.11. The highest BCUT2D eigenvalue weighted by molar-refractivity contribution is 5.74. The summed E-state index contributed by atoms with van der Waals surface area (Å²) < 4.78 is 0. The van der Waals surface area contributed by atoms with Crippen LogP contribution in [0.2, 0.25) is 0 Å². The Labute approximate surface area is 193 Å². The second-order valence-corrected chi connectivity index (χ2v) is 9.13. The molecule has 0 aliphatic heterocycles. The standard InChI is InChI=1S/C32H32/c1-23(2)27-15-19-31(20-16-27)29-11-7-25(8-12-29)5-6-26-9-13-30(14-10-26)32-21-17-28(18-22-32)24(3)4/h5-24H,1-4H3. The van der Waals surface area contributed by atoms with Gasteiger partial charge in [0.05, 0.1) is 0 Å². The smallest absolute Gasteiger partial charge is 0.0184 e. The molecule has 0 radical (unpaired) electrons. The molecule has 0 atom stereocenters. The van der Waals surface area contributed by atoms with Crippen LogP contribution in [0.5, 0.6) is 0 Å². The highest BCUT2D eigenvalue weighted by atomic mass is 14.1.